The number of likely N-dealkylation sites (N-methyl/N-ethyl adjacent to an activating group) is 1. The molecule has 1 saturated heterocycles. The average molecular weight is 240 g/mol. The van der Waals surface area contributed by atoms with Crippen LogP contribution >= 0.6 is 11.3 Å². The van der Waals surface area contributed by atoms with Gasteiger partial charge in [0.1, 0.15) is 0 Å². The largest absolute Gasteiger partial charge is 0.489 e. The molecule has 16 heavy (non-hydrogen) atoms. The first-order valence-corrected chi connectivity index (χ1v) is 6.37. The summed E-state index contributed by atoms with van der Waals surface area (Å²) < 4.78 is 0. The second-order valence-electron chi connectivity index (χ2n) is 4.30. The number of thiophene rings is 1. The topological polar surface area (TPSA) is 46.9 Å². The lowest BCUT2D eigenvalue weighted by Crippen LogP contribution is -2.43. The van der Waals surface area contributed by atoms with Crippen LogP contribution < -0.4 is 5.46 Å². The van der Waals surface area contributed by atoms with Gasteiger partial charge in [0.05, 0.1) is 0 Å². The predicted octanol–water partition coefficient (Wildman–Crippen LogP) is -0.825. The zero-order valence-corrected chi connectivity index (χ0v) is 10.3. The molecule has 0 saturated carbocycles. The molecule has 2 rings (SSSR count). The lowest BCUT2D eigenvalue weighted by Gasteiger charge is -2.31. The van der Waals surface area contributed by atoms with Crippen LogP contribution in [0.2, 0.25) is 0 Å². The highest BCUT2D eigenvalue weighted by Gasteiger charge is 2.17. The van der Waals surface area contributed by atoms with Crippen LogP contribution in [0.4, 0.5) is 0 Å². The van der Waals surface area contributed by atoms with E-state index in [9.17, 15) is 0 Å². The van der Waals surface area contributed by atoms with E-state index in [2.05, 4.69) is 16.8 Å². The minimum Gasteiger partial charge on any atom is -0.423 e. The fourth-order valence-corrected chi connectivity index (χ4v) is 2.78. The highest BCUT2D eigenvalue weighted by molar-refractivity contribution is 7.11. The van der Waals surface area contributed by atoms with Crippen molar-refractivity contribution in [3.63, 3.8) is 0 Å². The first-order valence-electron chi connectivity index (χ1n) is 5.49. The number of hydrogen-bond acceptors (Lipinski definition) is 5. The molecule has 0 spiro atoms. The van der Waals surface area contributed by atoms with Gasteiger partial charge in [-0.05, 0) is 24.0 Å². The summed E-state index contributed by atoms with van der Waals surface area (Å²) in [6.45, 7) is 5.32. The van der Waals surface area contributed by atoms with Crippen LogP contribution in [-0.4, -0.2) is 60.2 Å². The maximum absolute atomic E-state index is 9.02. The van der Waals surface area contributed by atoms with E-state index in [0.717, 1.165) is 32.7 Å². The van der Waals surface area contributed by atoms with E-state index in [1.54, 1.807) is 11.3 Å². The molecule has 0 aromatic carbocycles. The van der Waals surface area contributed by atoms with E-state index in [-0.39, 0.29) is 0 Å². The maximum Gasteiger partial charge on any atom is 0.489 e. The van der Waals surface area contributed by atoms with E-state index < -0.39 is 7.12 Å². The third kappa shape index (κ3) is 3.05. The lowest BCUT2D eigenvalue weighted by molar-refractivity contribution is 0.149. The van der Waals surface area contributed by atoms with Crippen LogP contribution in [0.25, 0.3) is 0 Å². The van der Waals surface area contributed by atoms with Gasteiger partial charge in [0.15, 0.2) is 0 Å². The van der Waals surface area contributed by atoms with Gasteiger partial charge in [0.2, 0.25) is 0 Å². The first-order chi connectivity index (χ1) is 7.65. The number of piperazine rings is 1. The van der Waals surface area contributed by atoms with Gasteiger partial charge in [0.25, 0.3) is 0 Å². The summed E-state index contributed by atoms with van der Waals surface area (Å²) in [6.07, 6.45) is 0. The first kappa shape index (κ1) is 12.1. The summed E-state index contributed by atoms with van der Waals surface area (Å²) in [5.41, 5.74) is 0.606. The fourth-order valence-electron chi connectivity index (χ4n) is 1.84. The molecule has 0 bridgehead atoms. The van der Waals surface area contributed by atoms with Gasteiger partial charge in [0, 0.05) is 37.6 Å². The van der Waals surface area contributed by atoms with E-state index in [0.29, 0.717) is 5.46 Å². The average Bonchev–Trinajstić information content (AvgIpc) is 2.70. The SMILES string of the molecule is CN1CCN(Cc2cc(B(O)O)cs2)CC1. The Morgan fingerprint density at radius 2 is 2.00 bits per heavy atom. The third-order valence-electron chi connectivity index (χ3n) is 2.95. The summed E-state index contributed by atoms with van der Waals surface area (Å²) >= 11 is 1.60. The van der Waals surface area contributed by atoms with E-state index >= 15 is 0 Å². The Hall–Kier alpha value is -0.395. The Kier molecular flexibility index (Phi) is 3.99. The van der Waals surface area contributed by atoms with E-state index in [1.165, 1.54) is 4.88 Å². The van der Waals surface area contributed by atoms with Gasteiger partial charge in [-0.2, -0.15) is 0 Å². The van der Waals surface area contributed by atoms with Crippen molar-refractivity contribution in [3.8, 4) is 0 Å². The van der Waals surface area contributed by atoms with Crippen LogP contribution in [0.3, 0.4) is 0 Å². The molecule has 0 unspecified atom stereocenters. The monoisotopic (exact) mass is 240 g/mol. The van der Waals surface area contributed by atoms with Gasteiger partial charge < -0.3 is 14.9 Å². The number of hydrogen-bond donors (Lipinski definition) is 2. The van der Waals surface area contributed by atoms with Gasteiger partial charge in [-0.3, -0.25) is 4.90 Å². The van der Waals surface area contributed by atoms with Crippen molar-refractivity contribution in [1.29, 1.82) is 0 Å². The molecule has 4 nitrogen and oxygen atoms in total. The van der Waals surface area contributed by atoms with Crippen LogP contribution in [0.5, 0.6) is 0 Å². The number of nitrogens with zero attached hydrogens (tertiary/aromatic N) is 2. The van der Waals surface area contributed by atoms with Crippen molar-refractivity contribution in [2.45, 2.75) is 6.54 Å². The van der Waals surface area contributed by atoms with Crippen molar-refractivity contribution in [2.24, 2.45) is 0 Å². The zero-order chi connectivity index (χ0) is 11.5. The Morgan fingerprint density at radius 1 is 1.31 bits per heavy atom. The van der Waals surface area contributed by atoms with E-state index in [4.69, 9.17) is 10.0 Å². The molecule has 0 amide bonds. The second kappa shape index (κ2) is 5.29. The maximum atomic E-state index is 9.02. The van der Waals surface area contributed by atoms with Crippen molar-refractivity contribution < 1.29 is 10.0 Å². The summed E-state index contributed by atoms with van der Waals surface area (Å²) in [5, 5.41) is 19.9. The lowest BCUT2D eigenvalue weighted by atomic mass is 9.83. The van der Waals surface area contributed by atoms with Crippen molar-refractivity contribution >= 4 is 23.9 Å². The molecule has 1 aliphatic rings. The molecule has 88 valence electrons. The molecule has 1 aliphatic heterocycles. The smallest absolute Gasteiger partial charge is 0.423 e. The van der Waals surface area contributed by atoms with Crippen LogP contribution in [-0.2, 0) is 6.54 Å². The van der Waals surface area contributed by atoms with Crippen molar-refractivity contribution in [1.82, 2.24) is 9.80 Å². The van der Waals surface area contributed by atoms with Crippen molar-refractivity contribution in [2.75, 3.05) is 33.2 Å². The molecular weight excluding hydrogens is 223 g/mol. The molecule has 6 heteroatoms. The number of rotatable bonds is 3. The van der Waals surface area contributed by atoms with Gasteiger partial charge in [-0.25, -0.2) is 0 Å². The van der Waals surface area contributed by atoms with Crippen LogP contribution in [0.15, 0.2) is 11.4 Å². The molecule has 0 aliphatic carbocycles. The predicted molar refractivity (Wildman–Crippen MR) is 66.9 cm³/mol. The Balaban J connectivity index is 1.88. The summed E-state index contributed by atoms with van der Waals surface area (Å²) in [6, 6.07) is 1.88. The van der Waals surface area contributed by atoms with E-state index in [1.807, 2.05) is 11.4 Å². The Morgan fingerprint density at radius 3 is 2.56 bits per heavy atom. The second-order valence-corrected chi connectivity index (χ2v) is 5.30. The fraction of sp³-hybridized carbons (Fsp3) is 0.600. The standard InChI is InChI=1S/C10H17BN2O2S/c1-12-2-4-13(5-3-12)7-10-6-9(8-16-10)11(14)15/h6,8,14-15H,2-5,7H2,1H3. The highest BCUT2D eigenvalue weighted by atomic mass is 32.1. The molecule has 0 atom stereocenters. The summed E-state index contributed by atoms with van der Waals surface area (Å²) in [7, 11) is 0.806. The molecule has 2 N–H and O–H groups in total. The summed E-state index contributed by atoms with van der Waals surface area (Å²) in [5.74, 6) is 0. The zero-order valence-electron chi connectivity index (χ0n) is 9.46. The minimum absolute atomic E-state index is 0.606. The molecule has 1 aromatic heterocycles. The van der Waals surface area contributed by atoms with Crippen molar-refractivity contribution in [3.05, 3.63) is 16.3 Å². The normalized spacial score (nSPS) is 18.9. The van der Waals surface area contributed by atoms with Gasteiger partial charge in [-0.1, -0.05) is 0 Å². The molecular formula is C10H17BN2O2S. The third-order valence-corrected chi connectivity index (χ3v) is 3.89. The molecule has 1 aromatic rings. The Labute approximate surface area is 100 Å². The molecule has 2 heterocycles. The van der Waals surface area contributed by atoms with Gasteiger partial charge >= 0.3 is 7.12 Å². The molecule has 1 fully saturated rings. The van der Waals surface area contributed by atoms with Crippen LogP contribution in [0.1, 0.15) is 4.88 Å². The summed E-state index contributed by atoms with van der Waals surface area (Å²) in [4.78, 5) is 5.93. The van der Waals surface area contributed by atoms with Gasteiger partial charge in [-0.15, -0.1) is 11.3 Å². The highest BCUT2D eigenvalue weighted by Crippen LogP contribution is 2.12. The molecule has 0 radical (unpaired) electrons. The quantitative estimate of drug-likeness (QED) is 0.677. The van der Waals surface area contributed by atoms with Crippen LogP contribution in [0, 0.1) is 0 Å². The minimum atomic E-state index is -1.34. The Bertz CT molecular complexity index is 337.